The van der Waals surface area contributed by atoms with Crippen LogP contribution < -0.4 is 5.32 Å². The second kappa shape index (κ2) is 8.70. The first-order valence-electron chi connectivity index (χ1n) is 12.5. The molecule has 0 bridgehead atoms. The summed E-state index contributed by atoms with van der Waals surface area (Å²) in [6, 6.07) is 21.2. The quantitative estimate of drug-likeness (QED) is 0.288. The van der Waals surface area contributed by atoms with Crippen LogP contribution >= 0.6 is 23.2 Å². The Morgan fingerprint density at radius 2 is 1.72 bits per heavy atom. The van der Waals surface area contributed by atoms with Crippen LogP contribution in [0.15, 0.2) is 95.7 Å². The molecule has 192 valence electrons. The zero-order chi connectivity index (χ0) is 26.9. The molecule has 6 nitrogen and oxygen atoms in total. The molecule has 8 heteroatoms. The lowest BCUT2D eigenvalue weighted by molar-refractivity contribution is -0.122. The van der Waals surface area contributed by atoms with E-state index < -0.39 is 29.2 Å². The number of rotatable bonds is 4. The van der Waals surface area contributed by atoms with Crippen LogP contribution in [0.5, 0.6) is 0 Å². The molecule has 4 heterocycles. The molecular weight excluding hydrogens is 535 g/mol. The number of hydrogen-bond acceptors (Lipinski definition) is 5. The SMILES string of the molecule is O=C(c1ccco1)[C@@H]1[C@H](C(=O)c2ccc(Cl)cc2Cl)N2C=Cc3ccccc3[C@@H]2[C@]12C(=O)Nc1ccccc12. The van der Waals surface area contributed by atoms with Crippen molar-refractivity contribution in [3.63, 3.8) is 0 Å². The number of ketones is 2. The van der Waals surface area contributed by atoms with Crippen molar-refractivity contribution < 1.29 is 18.8 Å². The molecular formula is C31H20Cl2N2O4. The maximum absolute atomic E-state index is 14.5. The van der Waals surface area contributed by atoms with Crippen molar-refractivity contribution in [1.82, 2.24) is 4.90 Å². The summed E-state index contributed by atoms with van der Waals surface area (Å²) in [7, 11) is 0. The number of amides is 1. The zero-order valence-corrected chi connectivity index (χ0v) is 21.8. The number of anilines is 1. The van der Waals surface area contributed by atoms with Gasteiger partial charge in [-0.1, -0.05) is 65.7 Å². The molecule has 1 aromatic heterocycles. The van der Waals surface area contributed by atoms with E-state index in [1.54, 1.807) is 24.3 Å². The molecule has 0 saturated carbocycles. The molecule has 1 spiro atoms. The van der Waals surface area contributed by atoms with Crippen LogP contribution in [-0.4, -0.2) is 28.4 Å². The topological polar surface area (TPSA) is 79.6 Å². The third-order valence-corrected chi connectivity index (χ3v) is 8.63. The van der Waals surface area contributed by atoms with Crippen molar-refractivity contribution in [2.24, 2.45) is 5.92 Å². The number of benzene rings is 3. The molecule has 0 aliphatic carbocycles. The van der Waals surface area contributed by atoms with Crippen molar-refractivity contribution in [1.29, 1.82) is 0 Å². The Balaban J connectivity index is 1.55. The minimum absolute atomic E-state index is 0.0775. The molecule has 1 amide bonds. The van der Waals surface area contributed by atoms with E-state index in [0.29, 0.717) is 16.3 Å². The standard InChI is InChI=1S/C31H20Cl2N2O4/c32-18-11-12-20(22(33)16-18)27(36)26-25(28(37)24-10-5-15-39-24)31(21-8-3-4-9-23(21)34-30(31)38)29-19-7-2-1-6-17(19)13-14-35(26)29/h1-16,25-26,29H,(H,34,38)/t25-,26+,29+,31+/m0/s1. The smallest absolute Gasteiger partial charge is 0.238 e. The highest BCUT2D eigenvalue weighted by Gasteiger charge is 2.71. The molecule has 1 saturated heterocycles. The molecule has 0 unspecified atom stereocenters. The van der Waals surface area contributed by atoms with Crippen molar-refractivity contribution in [3.05, 3.63) is 129 Å². The fraction of sp³-hybridized carbons (Fsp3) is 0.129. The number of carbonyl (C=O) groups excluding carboxylic acids is 3. The number of nitrogens with one attached hydrogen (secondary N) is 1. The number of halogens is 2. The number of furan rings is 1. The molecule has 4 atom stereocenters. The second-order valence-electron chi connectivity index (χ2n) is 9.92. The minimum atomic E-state index is -1.43. The van der Waals surface area contributed by atoms with Crippen LogP contribution in [0, 0.1) is 5.92 Å². The third-order valence-electron chi connectivity index (χ3n) is 8.08. The number of nitrogens with zero attached hydrogens (tertiary/aromatic N) is 1. The maximum atomic E-state index is 14.5. The van der Waals surface area contributed by atoms with Crippen LogP contribution in [0.1, 0.15) is 43.6 Å². The van der Waals surface area contributed by atoms with Gasteiger partial charge in [-0.25, -0.2) is 0 Å². The van der Waals surface area contributed by atoms with E-state index in [0.717, 1.165) is 11.1 Å². The Morgan fingerprint density at radius 3 is 2.51 bits per heavy atom. The average molecular weight is 555 g/mol. The number of Topliss-reactive ketones (excluding diaryl/α,β-unsaturated/α-hetero) is 2. The van der Waals surface area contributed by atoms with E-state index in [9.17, 15) is 14.4 Å². The summed E-state index contributed by atoms with van der Waals surface area (Å²) in [6.07, 6.45) is 5.12. The molecule has 3 aliphatic heterocycles. The van der Waals surface area contributed by atoms with Gasteiger partial charge in [0.2, 0.25) is 11.7 Å². The maximum Gasteiger partial charge on any atom is 0.238 e. The van der Waals surface area contributed by atoms with E-state index in [4.69, 9.17) is 27.6 Å². The zero-order valence-electron chi connectivity index (χ0n) is 20.3. The summed E-state index contributed by atoms with van der Waals surface area (Å²) in [5.41, 5.74) is 1.83. The van der Waals surface area contributed by atoms with Gasteiger partial charge in [-0.2, -0.15) is 0 Å². The summed E-state index contributed by atoms with van der Waals surface area (Å²) >= 11 is 12.7. The second-order valence-corrected chi connectivity index (χ2v) is 10.8. The summed E-state index contributed by atoms with van der Waals surface area (Å²) in [4.78, 5) is 45.1. The van der Waals surface area contributed by atoms with Crippen LogP contribution in [0.4, 0.5) is 5.69 Å². The van der Waals surface area contributed by atoms with E-state index in [-0.39, 0.29) is 28.0 Å². The van der Waals surface area contributed by atoms with Crippen molar-refractivity contribution in [3.8, 4) is 0 Å². The summed E-state index contributed by atoms with van der Waals surface area (Å²) < 4.78 is 5.56. The van der Waals surface area contributed by atoms with Crippen molar-refractivity contribution in [2.45, 2.75) is 17.5 Å². The molecule has 1 fully saturated rings. The molecule has 7 rings (SSSR count). The molecule has 3 aliphatic rings. The average Bonchev–Trinajstić information content (AvgIpc) is 3.65. The van der Waals surface area contributed by atoms with E-state index in [2.05, 4.69) is 5.32 Å². The summed E-state index contributed by atoms with van der Waals surface area (Å²) in [6.45, 7) is 0. The van der Waals surface area contributed by atoms with Gasteiger partial charge >= 0.3 is 0 Å². The van der Waals surface area contributed by atoms with E-state index in [1.165, 1.54) is 12.3 Å². The van der Waals surface area contributed by atoms with Gasteiger partial charge in [0.15, 0.2) is 11.5 Å². The van der Waals surface area contributed by atoms with Gasteiger partial charge in [0.1, 0.15) is 11.5 Å². The van der Waals surface area contributed by atoms with Gasteiger partial charge in [0.25, 0.3) is 0 Å². The highest BCUT2D eigenvalue weighted by atomic mass is 35.5. The number of fused-ring (bicyclic) bond motifs is 6. The molecule has 4 aromatic rings. The van der Waals surface area contributed by atoms with Crippen LogP contribution in [-0.2, 0) is 10.2 Å². The summed E-state index contributed by atoms with van der Waals surface area (Å²) in [5, 5.41) is 3.57. The van der Waals surface area contributed by atoms with Crippen LogP contribution in [0.2, 0.25) is 10.0 Å². The van der Waals surface area contributed by atoms with Gasteiger partial charge in [-0.3, -0.25) is 14.4 Å². The monoisotopic (exact) mass is 554 g/mol. The van der Waals surface area contributed by atoms with Crippen LogP contribution in [0.25, 0.3) is 6.08 Å². The Bertz CT molecular complexity index is 1710. The van der Waals surface area contributed by atoms with Gasteiger partial charge in [0, 0.05) is 22.5 Å². The highest BCUT2D eigenvalue weighted by molar-refractivity contribution is 6.37. The molecule has 39 heavy (non-hydrogen) atoms. The van der Waals surface area contributed by atoms with Gasteiger partial charge in [-0.15, -0.1) is 0 Å². The predicted octanol–water partition coefficient (Wildman–Crippen LogP) is 6.57. The van der Waals surface area contributed by atoms with E-state index in [1.807, 2.05) is 65.7 Å². The van der Waals surface area contributed by atoms with Gasteiger partial charge in [-0.05, 0) is 59.2 Å². The lowest BCUT2D eigenvalue weighted by Crippen LogP contribution is -2.49. The number of hydrogen-bond donors (Lipinski definition) is 1. The fourth-order valence-corrected chi connectivity index (χ4v) is 7.09. The fourth-order valence-electron chi connectivity index (χ4n) is 6.59. The van der Waals surface area contributed by atoms with Crippen molar-refractivity contribution >= 4 is 52.4 Å². The predicted molar refractivity (Wildman–Crippen MR) is 148 cm³/mol. The summed E-state index contributed by atoms with van der Waals surface area (Å²) in [5.74, 6) is -2.22. The molecule has 1 N–H and O–H groups in total. The van der Waals surface area contributed by atoms with Crippen LogP contribution in [0.3, 0.4) is 0 Å². The number of para-hydroxylation sites is 1. The first-order valence-corrected chi connectivity index (χ1v) is 13.2. The third kappa shape index (κ3) is 3.25. The Labute approximate surface area is 233 Å². The molecule has 0 radical (unpaired) electrons. The van der Waals surface area contributed by atoms with Crippen molar-refractivity contribution in [2.75, 3.05) is 5.32 Å². The normalized spacial score (nSPS) is 24.3. The Hall–Kier alpha value is -4.13. The lowest BCUT2D eigenvalue weighted by atomic mass is 9.63. The lowest BCUT2D eigenvalue weighted by Gasteiger charge is -2.38. The first kappa shape index (κ1) is 23.9. The number of carbonyl (C=O) groups is 3. The largest absolute Gasteiger partial charge is 0.461 e. The first-order chi connectivity index (χ1) is 18.9. The Morgan fingerprint density at radius 1 is 0.923 bits per heavy atom. The Kier molecular flexibility index (Phi) is 5.34. The minimum Gasteiger partial charge on any atom is -0.461 e. The van der Waals surface area contributed by atoms with Gasteiger partial charge < -0.3 is 14.6 Å². The van der Waals surface area contributed by atoms with Gasteiger partial charge in [0.05, 0.1) is 23.2 Å². The van der Waals surface area contributed by atoms with E-state index >= 15 is 0 Å². The highest BCUT2D eigenvalue weighted by Crippen LogP contribution is 2.62. The molecule has 3 aromatic carbocycles.